The maximum absolute atomic E-state index is 9.76. The highest BCUT2D eigenvalue weighted by Gasteiger charge is 2.10. The van der Waals surface area contributed by atoms with E-state index in [0.717, 1.165) is 9.92 Å². The Kier molecular flexibility index (Phi) is 6.21. The van der Waals surface area contributed by atoms with Crippen LogP contribution in [0.3, 0.4) is 0 Å². The van der Waals surface area contributed by atoms with Crippen molar-refractivity contribution in [2.45, 2.75) is 30.4 Å². The fourth-order valence-corrected chi connectivity index (χ4v) is 2.48. The zero-order valence-corrected chi connectivity index (χ0v) is 11.1. The predicted molar refractivity (Wildman–Crippen MR) is 69.3 cm³/mol. The van der Waals surface area contributed by atoms with E-state index in [2.05, 4.69) is 0 Å². The van der Waals surface area contributed by atoms with Gasteiger partial charge in [-0.05, 0) is 19.1 Å². The van der Waals surface area contributed by atoms with Crippen LogP contribution in [0.25, 0.3) is 0 Å². The topological polar surface area (TPSA) is 29.5 Å². The summed E-state index contributed by atoms with van der Waals surface area (Å²) in [6.07, 6.45) is 0.367. The van der Waals surface area contributed by atoms with Gasteiger partial charge in [0, 0.05) is 24.2 Å². The lowest BCUT2D eigenvalue weighted by atomic mass is 10.2. The molecule has 2 atom stereocenters. The van der Waals surface area contributed by atoms with Gasteiger partial charge in [0.25, 0.3) is 0 Å². The van der Waals surface area contributed by atoms with Gasteiger partial charge in [-0.25, -0.2) is 0 Å². The van der Waals surface area contributed by atoms with Crippen LogP contribution < -0.4 is 0 Å². The van der Waals surface area contributed by atoms with Gasteiger partial charge in [-0.1, -0.05) is 23.7 Å². The minimum Gasteiger partial charge on any atom is -0.392 e. The summed E-state index contributed by atoms with van der Waals surface area (Å²) >= 11 is 7.58. The van der Waals surface area contributed by atoms with Gasteiger partial charge in [-0.3, -0.25) is 0 Å². The molecule has 1 N–H and O–H groups in total. The summed E-state index contributed by atoms with van der Waals surface area (Å²) < 4.78 is 5.10. The molecule has 4 heteroatoms. The number of ether oxygens (including phenoxy) is 1. The smallest absolute Gasteiger partial charge is 0.0658 e. The van der Waals surface area contributed by atoms with Crippen LogP contribution >= 0.6 is 23.4 Å². The molecule has 90 valence electrons. The van der Waals surface area contributed by atoms with E-state index in [0.29, 0.717) is 12.2 Å². The lowest BCUT2D eigenvalue weighted by Gasteiger charge is -2.15. The molecule has 0 aliphatic rings. The SMILES string of the molecule is COC(C)CC(O)CSc1ccccc1Cl. The second-order valence-corrected chi connectivity index (χ2v) is 5.15. The molecule has 0 spiro atoms. The van der Waals surface area contributed by atoms with Gasteiger partial charge in [0.2, 0.25) is 0 Å². The number of aliphatic hydroxyl groups excluding tert-OH is 1. The van der Waals surface area contributed by atoms with Crippen molar-refractivity contribution in [2.75, 3.05) is 12.9 Å². The lowest BCUT2D eigenvalue weighted by molar-refractivity contribution is 0.0651. The van der Waals surface area contributed by atoms with Crippen molar-refractivity contribution in [2.24, 2.45) is 0 Å². The van der Waals surface area contributed by atoms with E-state index < -0.39 is 0 Å². The van der Waals surface area contributed by atoms with Gasteiger partial charge < -0.3 is 9.84 Å². The number of halogens is 1. The quantitative estimate of drug-likeness (QED) is 0.797. The summed E-state index contributed by atoms with van der Waals surface area (Å²) in [6, 6.07) is 7.65. The molecule has 0 amide bonds. The van der Waals surface area contributed by atoms with Crippen LogP contribution in [0.4, 0.5) is 0 Å². The van der Waals surface area contributed by atoms with Crippen LogP contribution in [-0.4, -0.2) is 30.2 Å². The number of methoxy groups -OCH3 is 1. The van der Waals surface area contributed by atoms with Gasteiger partial charge in [-0.15, -0.1) is 11.8 Å². The first-order chi connectivity index (χ1) is 7.63. The van der Waals surface area contributed by atoms with Crippen molar-refractivity contribution < 1.29 is 9.84 Å². The first-order valence-corrected chi connectivity index (χ1v) is 6.58. The molecule has 0 bridgehead atoms. The zero-order chi connectivity index (χ0) is 12.0. The second-order valence-electron chi connectivity index (χ2n) is 3.68. The Morgan fingerprint density at radius 3 is 2.75 bits per heavy atom. The van der Waals surface area contributed by atoms with E-state index >= 15 is 0 Å². The highest BCUT2D eigenvalue weighted by Crippen LogP contribution is 2.27. The molecule has 0 aliphatic carbocycles. The predicted octanol–water partition coefficient (Wildman–Crippen LogP) is 3.22. The molecule has 16 heavy (non-hydrogen) atoms. The van der Waals surface area contributed by atoms with Crippen LogP contribution in [0, 0.1) is 0 Å². The standard InChI is InChI=1S/C12H17ClO2S/c1-9(15-2)7-10(14)8-16-12-6-4-3-5-11(12)13/h3-6,9-10,14H,7-8H2,1-2H3. The Balaban J connectivity index is 2.37. The van der Waals surface area contributed by atoms with E-state index in [-0.39, 0.29) is 12.2 Å². The van der Waals surface area contributed by atoms with Gasteiger partial charge in [0.1, 0.15) is 0 Å². The highest BCUT2D eigenvalue weighted by atomic mass is 35.5. The molecule has 0 aromatic heterocycles. The third-order valence-corrected chi connectivity index (χ3v) is 3.93. The number of rotatable bonds is 6. The highest BCUT2D eigenvalue weighted by molar-refractivity contribution is 7.99. The maximum Gasteiger partial charge on any atom is 0.0658 e. The molecule has 0 saturated heterocycles. The molecule has 1 aromatic rings. The molecule has 0 radical (unpaired) electrons. The second kappa shape index (κ2) is 7.17. The zero-order valence-electron chi connectivity index (χ0n) is 9.52. The van der Waals surface area contributed by atoms with Gasteiger partial charge in [-0.2, -0.15) is 0 Å². The number of hydrogen-bond donors (Lipinski definition) is 1. The maximum atomic E-state index is 9.76. The van der Waals surface area contributed by atoms with Gasteiger partial charge in [0.05, 0.1) is 17.2 Å². The Bertz CT molecular complexity index is 320. The van der Waals surface area contributed by atoms with Crippen molar-refractivity contribution >= 4 is 23.4 Å². The molecule has 0 saturated carbocycles. The molecule has 0 aliphatic heterocycles. The first-order valence-electron chi connectivity index (χ1n) is 5.21. The fraction of sp³-hybridized carbons (Fsp3) is 0.500. The first kappa shape index (κ1) is 13.8. The Hall–Kier alpha value is -0.220. The normalized spacial score (nSPS) is 14.8. The molecule has 2 nitrogen and oxygen atoms in total. The van der Waals surface area contributed by atoms with Crippen molar-refractivity contribution in [3.8, 4) is 0 Å². The molecule has 1 aromatic carbocycles. The molecule has 2 unspecified atom stereocenters. The summed E-state index contributed by atoms with van der Waals surface area (Å²) in [6.45, 7) is 1.95. The van der Waals surface area contributed by atoms with Crippen molar-refractivity contribution in [3.63, 3.8) is 0 Å². The summed E-state index contributed by atoms with van der Waals surface area (Å²) in [5.74, 6) is 0.636. The average molecular weight is 261 g/mol. The van der Waals surface area contributed by atoms with Crippen molar-refractivity contribution in [1.82, 2.24) is 0 Å². The summed E-state index contributed by atoms with van der Waals surface area (Å²) in [5, 5.41) is 10.5. The van der Waals surface area contributed by atoms with Gasteiger partial charge in [0.15, 0.2) is 0 Å². The molecular formula is C12H17ClO2S. The fourth-order valence-electron chi connectivity index (χ4n) is 1.30. The number of aliphatic hydroxyl groups is 1. The summed E-state index contributed by atoms with van der Waals surface area (Å²) in [5.41, 5.74) is 0. The number of benzene rings is 1. The third kappa shape index (κ3) is 4.74. The monoisotopic (exact) mass is 260 g/mol. The molecular weight excluding hydrogens is 244 g/mol. The van der Waals surface area contributed by atoms with Crippen LogP contribution in [0.2, 0.25) is 5.02 Å². The van der Waals surface area contributed by atoms with Crippen molar-refractivity contribution in [1.29, 1.82) is 0 Å². The van der Waals surface area contributed by atoms with E-state index in [1.54, 1.807) is 18.9 Å². The van der Waals surface area contributed by atoms with Crippen LogP contribution in [0.15, 0.2) is 29.2 Å². The molecule has 1 rings (SSSR count). The minimum atomic E-state index is -0.365. The summed E-state index contributed by atoms with van der Waals surface area (Å²) in [4.78, 5) is 1.01. The molecule has 0 fully saturated rings. The van der Waals surface area contributed by atoms with E-state index in [4.69, 9.17) is 16.3 Å². The Labute approximate surface area is 106 Å². The third-order valence-electron chi connectivity index (χ3n) is 2.27. The van der Waals surface area contributed by atoms with Crippen LogP contribution in [0.1, 0.15) is 13.3 Å². The number of thioether (sulfide) groups is 1. The lowest BCUT2D eigenvalue weighted by Crippen LogP contribution is -2.18. The molecule has 0 heterocycles. The Morgan fingerprint density at radius 2 is 2.12 bits per heavy atom. The largest absolute Gasteiger partial charge is 0.392 e. The number of hydrogen-bond acceptors (Lipinski definition) is 3. The van der Waals surface area contributed by atoms with E-state index in [1.807, 2.05) is 31.2 Å². The average Bonchev–Trinajstić information content (AvgIpc) is 2.28. The van der Waals surface area contributed by atoms with E-state index in [1.165, 1.54) is 0 Å². The summed E-state index contributed by atoms with van der Waals surface area (Å²) in [7, 11) is 1.65. The van der Waals surface area contributed by atoms with E-state index in [9.17, 15) is 5.11 Å². The van der Waals surface area contributed by atoms with Crippen LogP contribution in [0.5, 0.6) is 0 Å². The van der Waals surface area contributed by atoms with Crippen LogP contribution in [-0.2, 0) is 4.74 Å². The van der Waals surface area contributed by atoms with Crippen molar-refractivity contribution in [3.05, 3.63) is 29.3 Å². The van der Waals surface area contributed by atoms with Gasteiger partial charge >= 0.3 is 0 Å². The Morgan fingerprint density at radius 1 is 1.44 bits per heavy atom. The minimum absolute atomic E-state index is 0.0850.